The zero-order valence-electron chi connectivity index (χ0n) is 11.0. The summed E-state index contributed by atoms with van der Waals surface area (Å²) in [5.74, 6) is 0.762. The van der Waals surface area contributed by atoms with Crippen molar-refractivity contribution in [1.82, 2.24) is 14.5 Å². The number of nitrogens with one attached hydrogen (secondary N) is 1. The van der Waals surface area contributed by atoms with Gasteiger partial charge >= 0.3 is 0 Å². The summed E-state index contributed by atoms with van der Waals surface area (Å²) < 4.78 is 8.73. The zero-order chi connectivity index (χ0) is 14.3. The fourth-order valence-electron chi connectivity index (χ4n) is 2.13. The van der Waals surface area contributed by atoms with Crippen LogP contribution in [0.15, 0.2) is 34.9 Å². The summed E-state index contributed by atoms with van der Waals surface area (Å²) in [5.41, 5.74) is 3.73. The van der Waals surface area contributed by atoms with Crippen molar-refractivity contribution < 1.29 is 4.74 Å². The van der Waals surface area contributed by atoms with Crippen LogP contribution in [0.2, 0.25) is 0 Å². The van der Waals surface area contributed by atoms with Gasteiger partial charge in [-0.3, -0.25) is 4.57 Å². The van der Waals surface area contributed by atoms with Crippen molar-refractivity contribution in [2.75, 3.05) is 7.11 Å². The van der Waals surface area contributed by atoms with E-state index in [-0.39, 0.29) is 0 Å². The largest absolute Gasteiger partial charge is 0.497 e. The van der Waals surface area contributed by atoms with Crippen molar-refractivity contribution in [3.05, 3.63) is 45.3 Å². The number of H-pyrrole nitrogens is 1. The molecule has 0 amide bonds. The lowest BCUT2D eigenvalue weighted by Crippen LogP contribution is -1.97. The number of benzene rings is 1. The lowest BCUT2D eigenvalue weighted by atomic mass is 10.3. The number of aryl methyl sites for hydroxylation is 1. The molecule has 4 nitrogen and oxygen atoms in total. The van der Waals surface area contributed by atoms with Crippen LogP contribution in [0.4, 0.5) is 0 Å². The summed E-state index contributed by atoms with van der Waals surface area (Å²) in [6.07, 6.45) is 1.83. The monoisotopic (exact) mass is 349 g/mol. The molecule has 0 atom stereocenters. The summed E-state index contributed by atoms with van der Waals surface area (Å²) in [6.45, 7) is 2.00. The molecular formula is C14H12BrN3OS. The Morgan fingerprint density at radius 3 is 2.85 bits per heavy atom. The fourth-order valence-corrected chi connectivity index (χ4v) is 2.90. The number of fused-ring (bicyclic) bond motifs is 1. The zero-order valence-corrected chi connectivity index (χ0v) is 13.4. The Kier molecular flexibility index (Phi) is 3.35. The summed E-state index contributed by atoms with van der Waals surface area (Å²) in [5, 5.41) is 0. The second-order valence-electron chi connectivity index (χ2n) is 4.50. The predicted octanol–water partition coefficient (Wildman–Crippen LogP) is 4.16. The number of nitrogens with zero attached hydrogens (tertiary/aromatic N) is 2. The molecule has 20 heavy (non-hydrogen) atoms. The standard InChI is InChI=1S/C14H12BrN3OS/c1-8-3-12-13(16-7-8)18(14(20)17-12)10-4-9(15)5-11(6-10)19-2/h3-7H,1-2H3,(H,17,20). The Balaban J connectivity index is 2.32. The fraction of sp³-hybridized carbons (Fsp3) is 0.143. The van der Waals surface area contributed by atoms with Crippen LogP contribution in [0, 0.1) is 11.7 Å². The average Bonchev–Trinajstić information content (AvgIpc) is 2.72. The van der Waals surface area contributed by atoms with Crippen LogP contribution < -0.4 is 4.74 Å². The van der Waals surface area contributed by atoms with Gasteiger partial charge in [-0.25, -0.2) is 4.98 Å². The molecular weight excluding hydrogens is 338 g/mol. The predicted molar refractivity (Wildman–Crippen MR) is 85.2 cm³/mol. The molecule has 0 saturated carbocycles. The first-order valence-corrected chi connectivity index (χ1v) is 7.21. The van der Waals surface area contributed by atoms with Crippen molar-refractivity contribution in [2.24, 2.45) is 0 Å². The Morgan fingerprint density at radius 1 is 1.30 bits per heavy atom. The van der Waals surface area contributed by atoms with Crippen LogP contribution in [0.1, 0.15) is 5.56 Å². The number of hydrogen-bond acceptors (Lipinski definition) is 3. The number of halogens is 1. The van der Waals surface area contributed by atoms with Gasteiger partial charge in [0.2, 0.25) is 0 Å². The van der Waals surface area contributed by atoms with Crippen molar-refractivity contribution in [3.63, 3.8) is 0 Å². The van der Waals surface area contributed by atoms with Gasteiger partial charge in [0.05, 0.1) is 18.3 Å². The van der Waals surface area contributed by atoms with Gasteiger partial charge in [-0.2, -0.15) is 0 Å². The Bertz CT molecular complexity index is 853. The van der Waals surface area contributed by atoms with E-state index in [0.29, 0.717) is 4.77 Å². The number of aromatic amines is 1. The van der Waals surface area contributed by atoms with E-state index in [1.54, 1.807) is 7.11 Å². The summed E-state index contributed by atoms with van der Waals surface area (Å²) in [4.78, 5) is 7.65. The van der Waals surface area contributed by atoms with Gasteiger partial charge in [0, 0.05) is 16.7 Å². The van der Waals surface area contributed by atoms with Crippen LogP contribution in [-0.4, -0.2) is 21.6 Å². The first kappa shape index (κ1) is 13.3. The van der Waals surface area contributed by atoms with Crippen LogP contribution >= 0.6 is 28.1 Å². The molecule has 102 valence electrons. The number of rotatable bonds is 2. The van der Waals surface area contributed by atoms with Crippen molar-refractivity contribution >= 4 is 39.3 Å². The van der Waals surface area contributed by atoms with Gasteiger partial charge in [0.25, 0.3) is 0 Å². The number of imidazole rings is 1. The lowest BCUT2D eigenvalue weighted by molar-refractivity contribution is 0.414. The van der Waals surface area contributed by atoms with E-state index in [2.05, 4.69) is 25.9 Å². The van der Waals surface area contributed by atoms with E-state index in [9.17, 15) is 0 Å². The SMILES string of the molecule is COc1cc(Br)cc(-n2c(=S)[nH]c3cc(C)cnc32)c1. The van der Waals surface area contributed by atoms with E-state index >= 15 is 0 Å². The highest BCUT2D eigenvalue weighted by atomic mass is 79.9. The Hall–Kier alpha value is -1.66. The summed E-state index contributed by atoms with van der Waals surface area (Å²) in [7, 11) is 1.64. The highest BCUT2D eigenvalue weighted by Crippen LogP contribution is 2.26. The van der Waals surface area contributed by atoms with E-state index in [4.69, 9.17) is 17.0 Å². The second-order valence-corrected chi connectivity index (χ2v) is 5.80. The molecule has 0 unspecified atom stereocenters. The molecule has 0 fully saturated rings. The smallest absolute Gasteiger partial charge is 0.184 e. The molecule has 2 aromatic heterocycles. The normalized spacial score (nSPS) is 10.9. The lowest BCUT2D eigenvalue weighted by Gasteiger charge is -2.07. The van der Waals surface area contributed by atoms with Crippen LogP contribution in [0.5, 0.6) is 5.75 Å². The van der Waals surface area contributed by atoms with Gasteiger partial charge in [0.15, 0.2) is 10.4 Å². The third-order valence-electron chi connectivity index (χ3n) is 3.01. The number of hydrogen-bond donors (Lipinski definition) is 1. The molecule has 3 rings (SSSR count). The van der Waals surface area contributed by atoms with Crippen LogP contribution in [0.25, 0.3) is 16.9 Å². The van der Waals surface area contributed by atoms with E-state index in [0.717, 1.165) is 32.6 Å². The average molecular weight is 350 g/mol. The number of ether oxygens (including phenoxy) is 1. The first-order chi connectivity index (χ1) is 9.58. The highest BCUT2D eigenvalue weighted by Gasteiger charge is 2.10. The van der Waals surface area contributed by atoms with Crippen molar-refractivity contribution in [3.8, 4) is 11.4 Å². The number of pyridine rings is 1. The van der Waals surface area contributed by atoms with E-state index in [1.807, 2.05) is 42.0 Å². The van der Waals surface area contributed by atoms with E-state index in [1.165, 1.54) is 0 Å². The first-order valence-electron chi connectivity index (χ1n) is 6.01. The topological polar surface area (TPSA) is 42.8 Å². The van der Waals surface area contributed by atoms with E-state index < -0.39 is 0 Å². The third-order valence-corrected chi connectivity index (χ3v) is 3.75. The quantitative estimate of drug-likeness (QED) is 0.706. The number of aromatic nitrogens is 3. The minimum absolute atomic E-state index is 0.609. The maximum Gasteiger partial charge on any atom is 0.184 e. The van der Waals surface area contributed by atoms with Crippen molar-refractivity contribution in [2.45, 2.75) is 6.92 Å². The molecule has 0 radical (unpaired) electrons. The Morgan fingerprint density at radius 2 is 2.10 bits per heavy atom. The molecule has 0 aliphatic rings. The second kappa shape index (κ2) is 5.03. The molecule has 3 aromatic rings. The third kappa shape index (κ3) is 2.25. The number of methoxy groups -OCH3 is 1. The van der Waals surface area contributed by atoms with Gasteiger partial charge in [-0.1, -0.05) is 15.9 Å². The maximum absolute atomic E-state index is 5.41. The molecule has 0 aliphatic heterocycles. The molecule has 0 aliphatic carbocycles. The van der Waals surface area contributed by atoms with Gasteiger partial charge in [-0.05, 0) is 42.9 Å². The minimum Gasteiger partial charge on any atom is -0.497 e. The molecule has 6 heteroatoms. The Labute approximate surface area is 129 Å². The molecule has 0 bridgehead atoms. The summed E-state index contributed by atoms with van der Waals surface area (Å²) in [6, 6.07) is 7.84. The molecule has 0 saturated heterocycles. The molecule has 0 spiro atoms. The minimum atomic E-state index is 0.609. The molecule has 1 aromatic carbocycles. The maximum atomic E-state index is 5.41. The van der Waals surface area contributed by atoms with Gasteiger partial charge in [-0.15, -0.1) is 0 Å². The summed E-state index contributed by atoms with van der Waals surface area (Å²) >= 11 is 8.89. The molecule has 2 heterocycles. The van der Waals surface area contributed by atoms with Crippen molar-refractivity contribution in [1.29, 1.82) is 0 Å². The van der Waals surface area contributed by atoms with Crippen LogP contribution in [0.3, 0.4) is 0 Å². The van der Waals surface area contributed by atoms with Gasteiger partial charge in [0.1, 0.15) is 5.75 Å². The highest BCUT2D eigenvalue weighted by molar-refractivity contribution is 9.10. The van der Waals surface area contributed by atoms with Crippen LogP contribution in [-0.2, 0) is 0 Å². The molecule has 1 N–H and O–H groups in total. The van der Waals surface area contributed by atoms with Gasteiger partial charge < -0.3 is 9.72 Å².